The lowest BCUT2D eigenvalue weighted by Crippen LogP contribution is -2.37. The molecule has 1 aromatic heterocycles. The van der Waals surface area contributed by atoms with Crippen LogP contribution in [0.1, 0.15) is 45.0 Å². The second-order valence-electron chi connectivity index (χ2n) is 5.65. The van der Waals surface area contributed by atoms with Gasteiger partial charge in [-0.05, 0) is 26.7 Å². The van der Waals surface area contributed by atoms with Crippen LogP contribution in [-0.2, 0) is 6.42 Å². The molecule has 0 aromatic carbocycles. The van der Waals surface area contributed by atoms with Gasteiger partial charge >= 0.3 is 0 Å². The number of hydrogen-bond acceptors (Lipinski definition) is 6. The average molecular weight is 296 g/mol. The molecule has 1 aromatic rings. The van der Waals surface area contributed by atoms with Crippen molar-refractivity contribution in [2.75, 3.05) is 30.3 Å². The van der Waals surface area contributed by atoms with Gasteiger partial charge in [-0.1, -0.05) is 13.8 Å². The molecule has 0 fully saturated rings. The van der Waals surface area contributed by atoms with Gasteiger partial charge in [0.2, 0.25) is 0 Å². The minimum Gasteiger partial charge on any atom is -0.393 e. The Hall–Kier alpha value is -1.40. The zero-order chi connectivity index (χ0) is 15.9. The number of aromatic nitrogens is 2. The first-order chi connectivity index (χ1) is 9.93. The summed E-state index contributed by atoms with van der Waals surface area (Å²) in [6, 6.07) is 0. The van der Waals surface area contributed by atoms with Gasteiger partial charge in [0.1, 0.15) is 23.1 Å². The van der Waals surface area contributed by atoms with Crippen molar-refractivity contribution in [1.82, 2.24) is 9.97 Å². The number of nitrogens with zero attached hydrogens (tertiary/aromatic N) is 2. The highest BCUT2D eigenvalue weighted by atomic mass is 16.3. The molecule has 6 heteroatoms. The van der Waals surface area contributed by atoms with Gasteiger partial charge in [0.15, 0.2) is 0 Å². The Morgan fingerprint density at radius 1 is 1.10 bits per heavy atom. The molecule has 0 saturated heterocycles. The van der Waals surface area contributed by atoms with Crippen LogP contribution in [0.5, 0.6) is 0 Å². The molecule has 1 atom stereocenters. The summed E-state index contributed by atoms with van der Waals surface area (Å²) >= 11 is 0. The molecule has 4 N–H and O–H groups in total. The third-order valence-corrected chi connectivity index (χ3v) is 3.19. The minimum atomic E-state index is -1.17. The Morgan fingerprint density at radius 3 is 2.24 bits per heavy atom. The van der Waals surface area contributed by atoms with Crippen LogP contribution in [0.15, 0.2) is 0 Å². The Bertz CT molecular complexity index is 450. The Balaban J connectivity index is 2.96. The third-order valence-electron chi connectivity index (χ3n) is 3.19. The molecule has 1 rings (SSSR count). The molecule has 0 spiro atoms. The molecule has 0 amide bonds. The van der Waals surface area contributed by atoms with Crippen LogP contribution in [0.4, 0.5) is 11.6 Å². The molecule has 1 unspecified atom stereocenters. The number of nitrogens with one attached hydrogen (secondary N) is 2. The summed E-state index contributed by atoms with van der Waals surface area (Å²) in [5.41, 5.74) is -0.240. The fraction of sp³-hybridized carbons (Fsp3) is 0.733. The Morgan fingerprint density at radius 2 is 1.71 bits per heavy atom. The van der Waals surface area contributed by atoms with E-state index in [0.29, 0.717) is 5.82 Å². The quantitative estimate of drug-likeness (QED) is 0.555. The minimum absolute atomic E-state index is 0.236. The lowest BCUT2D eigenvalue weighted by atomic mass is 10.1. The van der Waals surface area contributed by atoms with E-state index in [1.807, 2.05) is 6.92 Å². The number of aryl methyl sites for hydroxylation is 1. The highest BCUT2D eigenvalue weighted by molar-refractivity contribution is 5.57. The van der Waals surface area contributed by atoms with Crippen molar-refractivity contribution in [3.8, 4) is 0 Å². The SMILES string of the molecule is CCCNc1nc(CCC)nc(NCC(C)(O)CO)c1C. The maximum Gasteiger partial charge on any atom is 0.134 e. The van der Waals surface area contributed by atoms with Gasteiger partial charge in [0, 0.05) is 25.1 Å². The third kappa shape index (κ3) is 5.47. The maximum atomic E-state index is 9.89. The standard InChI is InChI=1S/C15H28N4O2/c1-5-7-12-18-13(16-8-6-2)11(3)14(19-12)17-9-15(4,21)10-20/h20-21H,5-10H2,1-4H3,(H2,16,17,18,19). The van der Waals surface area contributed by atoms with Crippen LogP contribution in [0.25, 0.3) is 0 Å². The van der Waals surface area contributed by atoms with E-state index < -0.39 is 5.60 Å². The van der Waals surface area contributed by atoms with Crippen LogP contribution >= 0.6 is 0 Å². The van der Waals surface area contributed by atoms with E-state index in [2.05, 4.69) is 34.4 Å². The van der Waals surface area contributed by atoms with Gasteiger partial charge in [0.25, 0.3) is 0 Å². The zero-order valence-electron chi connectivity index (χ0n) is 13.5. The predicted octanol–water partition coefficient (Wildman–Crippen LogP) is 1.71. The fourth-order valence-corrected chi connectivity index (χ4v) is 1.82. The van der Waals surface area contributed by atoms with E-state index in [4.69, 9.17) is 5.11 Å². The van der Waals surface area contributed by atoms with Gasteiger partial charge < -0.3 is 20.8 Å². The van der Waals surface area contributed by atoms with Crippen LogP contribution in [-0.4, -0.2) is 45.5 Å². The van der Waals surface area contributed by atoms with E-state index >= 15 is 0 Å². The molecule has 21 heavy (non-hydrogen) atoms. The summed E-state index contributed by atoms with van der Waals surface area (Å²) in [4.78, 5) is 9.06. The molecule has 0 radical (unpaired) electrons. The number of aliphatic hydroxyl groups excluding tert-OH is 1. The fourth-order valence-electron chi connectivity index (χ4n) is 1.82. The molecular weight excluding hydrogens is 268 g/mol. The molecule has 0 saturated carbocycles. The zero-order valence-corrected chi connectivity index (χ0v) is 13.5. The van der Waals surface area contributed by atoms with Crippen LogP contribution < -0.4 is 10.6 Å². The molecule has 0 aliphatic carbocycles. The molecule has 0 aliphatic rings. The first-order valence-electron chi connectivity index (χ1n) is 7.62. The lowest BCUT2D eigenvalue weighted by molar-refractivity contribution is 0.0131. The van der Waals surface area contributed by atoms with Crippen molar-refractivity contribution in [1.29, 1.82) is 0 Å². The van der Waals surface area contributed by atoms with Crippen molar-refractivity contribution in [3.05, 3.63) is 11.4 Å². The molecule has 120 valence electrons. The Labute approximate surface area is 127 Å². The molecule has 0 aliphatic heterocycles. The van der Waals surface area contributed by atoms with Crippen LogP contribution in [0.2, 0.25) is 0 Å². The topological polar surface area (TPSA) is 90.3 Å². The summed E-state index contributed by atoms with van der Waals surface area (Å²) in [6.07, 6.45) is 2.81. The normalized spacial score (nSPS) is 13.8. The maximum absolute atomic E-state index is 9.89. The van der Waals surface area contributed by atoms with Crippen molar-refractivity contribution in [2.24, 2.45) is 0 Å². The van der Waals surface area contributed by atoms with Crippen LogP contribution in [0.3, 0.4) is 0 Å². The predicted molar refractivity (Wildman–Crippen MR) is 85.7 cm³/mol. The van der Waals surface area contributed by atoms with E-state index in [-0.39, 0.29) is 13.2 Å². The summed E-state index contributed by atoms with van der Waals surface area (Å²) in [6.45, 7) is 8.52. The summed E-state index contributed by atoms with van der Waals surface area (Å²) in [7, 11) is 0. The van der Waals surface area contributed by atoms with Gasteiger partial charge in [-0.2, -0.15) is 0 Å². The second-order valence-corrected chi connectivity index (χ2v) is 5.65. The largest absolute Gasteiger partial charge is 0.393 e. The van der Waals surface area contributed by atoms with Gasteiger partial charge in [0.05, 0.1) is 6.61 Å². The Kier molecular flexibility index (Phi) is 6.84. The lowest BCUT2D eigenvalue weighted by Gasteiger charge is -2.22. The second kappa shape index (κ2) is 8.14. The van der Waals surface area contributed by atoms with E-state index in [9.17, 15) is 5.11 Å². The monoisotopic (exact) mass is 296 g/mol. The highest BCUT2D eigenvalue weighted by Crippen LogP contribution is 2.21. The molecular formula is C15H28N4O2. The van der Waals surface area contributed by atoms with Gasteiger partial charge in [-0.25, -0.2) is 9.97 Å². The number of rotatable bonds is 9. The van der Waals surface area contributed by atoms with E-state index in [0.717, 1.165) is 43.0 Å². The smallest absolute Gasteiger partial charge is 0.134 e. The number of aliphatic hydroxyl groups is 2. The number of hydrogen-bond donors (Lipinski definition) is 4. The molecule has 6 nitrogen and oxygen atoms in total. The van der Waals surface area contributed by atoms with Crippen molar-refractivity contribution in [3.63, 3.8) is 0 Å². The number of anilines is 2. The van der Waals surface area contributed by atoms with Crippen molar-refractivity contribution in [2.45, 2.75) is 52.6 Å². The summed E-state index contributed by atoms with van der Waals surface area (Å²) < 4.78 is 0. The first kappa shape index (κ1) is 17.7. The highest BCUT2D eigenvalue weighted by Gasteiger charge is 2.20. The van der Waals surface area contributed by atoms with Crippen molar-refractivity contribution < 1.29 is 10.2 Å². The van der Waals surface area contributed by atoms with Gasteiger partial charge in [-0.3, -0.25) is 0 Å². The summed E-state index contributed by atoms with van der Waals surface area (Å²) in [5, 5.41) is 25.4. The average Bonchev–Trinajstić information content (AvgIpc) is 2.46. The molecule has 0 bridgehead atoms. The van der Waals surface area contributed by atoms with Crippen LogP contribution in [0, 0.1) is 6.92 Å². The molecule has 1 heterocycles. The first-order valence-corrected chi connectivity index (χ1v) is 7.62. The van der Waals surface area contributed by atoms with Gasteiger partial charge in [-0.15, -0.1) is 0 Å². The summed E-state index contributed by atoms with van der Waals surface area (Å²) in [5.74, 6) is 2.33. The van der Waals surface area contributed by atoms with E-state index in [1.54, 1.807) is 6.92 Å². The van der Waals surface area contributed by atoms with Crippen molar-refractivity contribution >= 4 is 11.6 Å². The van der Waals surface area contributed by atoms with E-state index in [1.165, 1.54) is 0 Å².